The number of aliphatic hydroxyl groups is 6. The van der Waals surface area contributed by atoms with Crippen molar-refractivity contribution in [1.29, 1.82) is 0 Å². The van der Waals surface area contributed by atoms with Crippen molar-refractivity contribution in [2.75, 3.05) is 26.4 Å². The van der Waals surface area contributed by atoms with Crippen LogP contribution >= 0.6 is 0 Å². The van der Waals surface area contributed by atoms with E-state index in [2.05, 4.69) is 0 Å². The maximum Gasteiger partial charge on any atom is 0.154 e. The van der Waals surface area contributed by atoms with Crippen LogP contribution in [-0.2, 0) is 9.47 Å². The molecule has 0 aromatic carbocycles. The van der Waals surface area contributed by atoms with Gasteiger partial charge in [0.25, 0.3) is 0 Å². The summed E-state index contributed by atoms with van der Waals surface area (Å²) in [4.78, 5) is 0. The lowest BCUT2D eigenvalue weighted by molar-refractivity contribution is -0.123. The normalized spacial score (nSPS) is 17.1. The highest BCUT2D eigenvalue weighted by Gasteiger charge is 2.29. The van der Waals surface area contributed by atoms with E-state index in [1.54, 1.807) is 0 Å². The predicted molar refractivity (Wildman–Crippen MR) is 70.9 cm³/mol. The Morgan fingerprint density at radius 2 is 1.05 bits per heavy atom. The van der Waals surface area contributed by atoms with Crippen molar-refractivity contribution in [1.82, 2.24) is 0 Å². The Morgan fingerprint density at radius 3 is 1.25 bits per heavy atom. The van der Waals surface area contributed by atoms with Crippen LogP contribution in [0.3, 0.4) is 0 Å². The van der Waals surface area contributed by atoms with Crippen molar-refractivity contribution in [3.8, 4) is 0 Å². The van der Waals surface area contributed by atoms with Crippen molar-refractivity contribution < 1.29 is 40.1 Å². The first-order chi connectivity index (χ1) is 9.35. The van der Waals surface area contributed by atoms with Gasteiger partial charge in [-0.15, -0.1) is 0 Å². The minimum atomic E-state index is -1.67. The zero-order valence-electron chi connectivity index (χ0n) is 12.2. The van der Waals surface area contributed by atoms with Gasteiger partial charge in [0.15, 0.2) is 6.29 Å². The zero-order valence-corrected chi connectivity index (χ0v) is 12.2. The molecule has 0 amide bonds. The SMILES string of the molecule is CCOC(C)OCC.OC[C@@H](O)[C@@H](O)[C@H](O)[C@H](O)CO. The molecule has 0 unspecified atom stereocenters. The molecule has 0 aliphatic rings. The first-order valence-corrected chi connectivity index (χ1v) is 6.52. The van der Waals surface area contributed by atoms with Crippen LogP contribution in [0.5, 0.6) is 0 Å². The van der Waals surface area contributed by atoms with Crippen LogP contribution in [-0.4, -0.2) is 87.8 Å². The standard InChI is InChI=1S/C6H14O6.C6H14O2/c7-1-3(9)5(11)6(12)4(10)2-8;1-4-7-6(3)8-5-2/h3-12H,1-2H2;6H,4-5H2,1-3H3/t3-,4-,5-,6-;/m1./s1. The van der Waals surface area contributed by atoms with Gasteiger partial charge in [-0.3, -0.25) is 0 Å². The van der Waals surface area contributed by atoms with Crippen molar-refractivity contribution in [2.24, 2.45) is 0 Å². The summed E-state index contributed by atoms with van der Waals surface area (Å²) in [5.41, 5.74) is 0. The lowest BCUT2D eigenvalue weighted by Crippen LogP contribution is -2.46. The van der Waals surface area contributed by atoms with Crippen molar-refractivity contribution in [3.63, 3.8) is 0 Å². The van der Waals surface area contributed by atoms with E-state index in [-0.39, 0.29) is 6.29 Å². The van der Waals surface area contributed by atoms with Gasteiger partial charge in [-0.1, -0.05) is 0 Å². The van der Waals surface area contributed by atoms with Crippen molar-refractivity contribution in [3.05, 3.63) is 0 Å². The Bertz CT molecular complexity index is 184. The Kier molecular flexibility index (Phi) is 15.0. The van der Waals surface area contributed by atoms with Crippen LogP contribution < -0.4 is 0 Å². The third kappa shape index (κ3) is 10.5. The van der Waals surface area contributed by atoms with E-state index in [0.717, 1.165) is 13.2 Å². The van der Waals surface area contributed by atoms with E-state index in [4.69, 9.17) is 40.1 Å². The minimum absolute atomic E-state index is 0.0370. The molecule has 0 saturated carbocycles. The second kappa shape index (κ2) is 13.7. The average molecular weight is 300 g/mol. The first-order valence-electron chi connectivity index (χ1n) is 6.52. The molecule has 8 nitrogen and oxygen atoms in total. The molecular weight excluding hydrogens is 272 g/mol. The molecule has 0 aliphatic heterocycles. The van der Waals surface area contributed by atoms with Gasteiger partial charge < -0.3 is 40.1 Å². The second-order valence-electron chi connectivity index (χ2n) is 3.96. The number of hydrogen-bond acceptors (Lipinski definition) is 8. The van der Waals surface area contributed by atoms with E-state index in [9.17, 15) is 0 Å². The smallest absolute Gasteiger partial charge is 0.154 e. The number of ether oxygens (including phenoxy) is 2. The van der Waals surface area contributed by atoms with Gasteiger partial charge in [-0.05, 0) is 20.8 Å². The summed E-state index contributed by atoms with van der Waals surface area (Å²) in [5.74, 6) is 0. The summed E-state index contributed by atoms with van der Waals surface area (Å²) in [7, 11) is 0. The highest BCUT2D eigenvalue weighted by atomic mass is 16.7. The molecule has 0 radical (unpaired) electrons. The van der Waals surface area contributed by atoms with Gasteiger partial charge in [-0.2, -0.15) is 0 Å². The Hall–Kier alpha value is -0.320. The summed E-state index contributed by atoms with van der Waals surface area (Å²) in [5, 5.41) is 52.2. The molecule has 0 spiro atoms. The zero-order chi connectivity index (χ0) is 16.1. The molecule has 20 heavy (non-hydrogen) atoms. The Balaban J connectivity index is 0. The van der Waals surface area contributed by atoms with Crippen LogP contribution in [0.25, 0.3) is 0 Å². The van der Waals surface area contributed by atoms with Crippen LogP contribution in [0.4, 0.5) is 0 Å². The van der Waals surface area contributed by atoms with Gasteiger partial charge in [0.1, 0.15) is 24.4 Å². The number of rotatable bonds is 9. The van der Waals surface area contributed by atoms with E-state index >= 15 is 0 Å². The van der Waals surface area contributed by atoms with Crippen LogP contribution in [0.15, 0.2) is 0 Å². The van der Waals surface area contributed by atoms with E-state index < -0.39 is 37.6 Å². The largest absolute Gasteiger partial charge is 0.394 e. The number of hydrogen-bond donors (Lipinski definition) is 6. The van der Waals surface area contributed by atoms with Gasteiger partial charge >= 0.3 is 0 Å². The second-order valence-corrected chi connectivity index (χ2v) is 3.96. The van der Waals surface area contributed by atoms with Crippen LogP contribution in [0.2, 0.25) is 0 Å². The fourth-order valence-electron chi connectivity index (χ4n) is 1.19. The lowest BCUT2D eigenvalue weighted by atomic mass is 10.0. The molecule has 0 aliphatic carbocycles. The van der Waals surface area contributed by atoms with E-state index in [1.165, 1.54) is 0 Å². The Morgan fingerprint density at radius 1 is 0.750 bits per heavy atom. The minimum Gasteiger partial charge on any atom is -0.394 e. The molecular formula is C12H28O8. The van der Waals surface area contributed by atoms with Crippen LogP contribution in [0.1, 0.15) is 20.8 Å². The van der Waals surface area contributed by atoms with Crippen molar-refractivity contribution in [2.45, 2.75) is 51.5 Å². The maximum absolute atomic E-state index is 8.96. The summed E-state index contributed by atoms with van der Waals surface area (Å²) >= 11 is 0. The van der Waals surface area contributed by atoms with Crippen molar-refractivity contribution >= 4 is 0 Å². The van der Waals surface area contributed by atoms with Crippen LogP contribution in [0, 0.1) is 0 Å². The highest BCUT2D eigenvalue weighted by molar-refractivity contribution is 4.79. The molecule has 0 rings (SSSR count). The third-order valence-electron chi connectivity index (χ3n) is 2.32. The topological polar surface area (TPSA) is 140 Å². The summed E-state index contributed by atoms with van der Waals surface area (Å²) in [6, 6.07) is 0. The molecule has 6 N–H and O–H groups in total. The average Bonchev–Trinajstić information content (AvgIpc) is 2.45. The maximum atomic E-state index is 8.96. The van der Waals surface area contributed by atoms with Gasteiger partial charge in [0.2, 0.25) is 0 Å². The molecule has 4 atom stereocenters. The summed E-state index contributed by atoms with van der Waals surface area (Å²) in [6.45, 7) is 5.80. The third-order valence-corrected chi connectivity index (χ3v) is 2.32. The van der Waals surface area contributed by atoms with Gasteiger partial charge in [-0.25, -0.2) is 0 Å². The fourth-order valence-corrected chi connectivity index (χ4v) is 1.19. The molecule has 0 aromatic rings. The molecule has 124 valence electrons. The van der Waals surface area contributed by atoms with E-state index in [1.807, 2.05) is 20.8 Å². The van der Waals surface area contributed by atoms with Gasteiger partial charge in [0.05, 0.1) is 13.2 Å². The van der Waals surface area contributed by atoms with E-state index in [0.29, 0.717) is 0 Å². The lowest BCUT2D eigenvalue weighted by Gasteiger charge is -2.24. The molecule has 8 heteroatoms. The molecule has 0 aromatic heterocycles. The Labute approximate surface area is 119 Å². The quantitative estimate of drug-likeness (QED) is 0.264. The summed E-state index contributed by atoms with van der Waals surface area (Å²) in [6.07, 6.45) is -6.43. The highest BCUT2D eigenvalue weighted by Crippen LogP contribution is 2.04. The molecule has 0 bridgehead atoms. The number of aliphatic hydroxyl groups excluding tert-OH is 6. The molecule has 0 heterocycles. The predicted octanol–water partition coefficient (Wildman–Crippen LogP) is -2.18. The molecule has 0 saturated heterocycles. The first kappa shape index (κ1) is 22.0. The summed E-state index contributed by atoms with van der Waals surface area (Å²) < 4.78 is 10.1. The fraction of sp³-hybridized carbons (Fsp3) is 1.00. The van der Waals surface area contributed by atoms with Gasteiger partial charge in [0, 0.05) is 13.2 Å². The molecule has 0 fully saturated rings. The monoisotopic (exact) mass is 300 g/mol.